The molecule has 0 spiro atoms. The van der Waals surface area contributed by atoms with Crippen molar-refractivity contribution in [2.45, 2.75) is 13.2 Å². The second-order valence-electron chi connectivity index (χ2n) is 9.27. The van der Waals surface area contributed by atoms with Crippen LogP contribution in [0.25, 0.3) is 11.1 Å². The highest BCUT2D eigenvalue weighted by atomic mass is 31.2. The van der Waals surface area contributed by atoms with Crippen LogP contribution in [0.5, 0.6) is 0 Å². The average molecular weight is 528 g/mol. The number of nitrogens with one attached hydrogen (secondary N) is 2. The molecule has 4 N–H and O–H groups in total. The van der Waals surface area contributed by atoms with Gasteiger partial charge in [-0.2, -0.15) is 0 Å². The number of nitrogens with two attached hydrogens (primary N) is 1. The largest absolute Gasteiger partial charge is 0.445 e. The highest BCUT2D eigenvalue weighted by Gasteiger charge is 2.12. The van der Waals surface area contributed by atoms with Gasteiger partial charge in [-0.1, -0.05) is 72.8 Å². The Labute approximate surface area is 222 Å². The van der Waals surface area contributed by atoms with Crippen molar-refractivity contribution in [1.82, 2.24) is 5.32 Å². The first-order valence-electron chi connectivity index (χ1n) is 12.1. The van der Waals surface area contributed by atoms with Gasteiger partial charge in [0, 0.05) is 17.4 Å². The Morgan fingerprint density at radius 1 is 0.816 bits per heavy atom. The summed E-state index contributed by atoms with van der Waals surface area (Å²) in [6.45, 7) is 3.79. The van der Waals surface area contributed by atoms with E-state index in [1.807, 2.05) is 42.5 Å². The van der Waals surface area contributed by atoms with Crippen molar-refractivity contribution in [2.24, 2.45) is 0 Å². The topological polar surface area (TPSA) is 111 Å². The standard InChI is InChI=1S/C30H30N3O4P/c1-38(2,36)26-15-10-22(11-16-26)20-37-30(35)32-19-21-8-12-24(13-9-21)29(34)33-28-18-25(14-17-27(28)31)23-6-4-3-5-7-23/h3-18H,19-20,31H2,1-2H3,(H,32,35)(H,33,34). The van der Waals surface area contributed by atoms with Crippen molar-refractivity contribution in [3.05, 3.63) is 114 Å². The molecule has 0 heterocycles. The number of alkyl carbamates (subject to hydrolysis) is 1. The fourth-order valence-electron chi connectivity index (χ4n) is 3.77. The smallest absolute Gasteiger partial charge is 0.407 e. The monoisotopic (exact) mass is 527 g/mol. The van der Waals surface area contributed by atoms with Gasteiger partial charge in [-0.15, -0.1) is 0 Å². The molecule has 4 aromatic rings. The van der Waals surface area contributed by atoms with Crippen LogP contribution in [0.15, 0.2) is 97.1 Å². The highest BCUT2D eigenvalue weighted by Crippen LogP contribution is 2.34. The van der Waals surface area contributed by atoms with Crippen LogP contribution in [0.3, 0.4) is 0 Å². The van der Waals surface area contributed by atoms with E-state index in [2.05, 4.69) is 10.6 Å². The van der Waals surface area contributed by atoms with Crippen molar-refractivity contribution < 1.29 is 18.9 Å². The zero-order valence-electron chi connectivity index (χ0n) is 21.3. The molecule has 4 rings (SSSR count). The zero-order valence-corrected chi connectivity index (χ0v) is 22.2. The van der Waals surface area contributed by atoms with Gasteiger partial charge >= 0.3 is 6.09 Å². The molecule has 38 heavy (non-hydrogen) atoms. The van der Waals surface area contributed by atoms with Crippen LogP contribution in [0.2, 0.25) is 0 Å². The Hall–Kier alpha value is -4.35. The first-order chi connectivity index (χ1) is 18.2. The van der Waals surface area contributed by atoms with Gasteiger partial charge in [0.2, 0.25) is 0 Å². The predicted octanol–water partition coefficient (Wildman–Crippen LogP) is 5.86. The summed E-state index contributed by atoms with van der Waals surface area (Å²) >= 11 is 0. The highest BCUT2D eigenvalue weighted by molar-refractivity contribution is 7.70. The molecule has 7 nitrogen and oxygen atoms in total. The number of hydrogen-bond acceptors (Lipinski definition) is 5. The summed E-state index contributed by atoms with van der Waals surface area (Å²) in [5, 5.41) is 6.37. The molecule has 0 radical (unpaired) electrons. The molecule has 8 heteroatoms. The van der Waals surface area contributed by atoms with Gasteiger partial charge in [0.1, 0.15) is 13.7 Å². The lowest BCUT2D eigenvalue weighted by Crippen LogP contribution is -2.23. The number of rotatable bonds is 8. The van der Waals surface area contributed by atoms with E-state index in [0.717, 1.165) is 27.6 Å². The van der Waals surface area contributed by atoms with Gasteiger partial charge in [0.25, 0.3) is 5.91 Å². The number of carbonyl (C=O) groups excluding carboxylic acids is 2. The number of nitrogen functional groups attached to an aromatic ring is 1. The van der Waals surface area contributed by atoms with E-state index in [-0.39, 0.29) is 19.1 Å². The van der Waals surface area contributed by atoms with Gasteiger partial charge < -0.3 is 25.7 Å². The van der Waals surface area contributed by atoms with Crippen LogP contribution in [-0.2, 0) is 22.5 Å². The summed E-state index contributed by atoms with van der Waals surface area (Å²) in [4.78, 5) is 24.9. The minimum absolute atomic E-state index is 0.109. The van der Waals surface area contributed by atoms with Crippen LogP contribution in [0.1, 0.15) is 21.5 Å². The van der Waals surface area contributed by atoms with Crippen LogP contribution >= 0.6 is 7.14 Å². The van der Waals surface area contributed by atoms with Crippen LogP contribution in [0, 0.1) is 0 Å². The molecule has 194 valence electrons. The lowest BCUT2D eigenvalue weighted by atomic mass is 10.0. The van der Waals surface area contributed by atoms with Gasteiger partial charge in [-0.05, 0) is 59.8 Å². The van der Waals surface area contributed by atoms with Crippen LogP contribution in [0.4, 0.5) is 16.2 Å². The molecular formula is C30H30N3O4P. The van der Waals surface area contributed by atoms with Crippen molar-refractivity contribution in [2.75, 3.05) is 24.4 Å². The SMILES string of the molecule is CP(C)(=O)c1ccc(COC(=O)NCc2ccc(C(=O)Nc3cc(-c4ccccc4)ccc3N)cc2)cc1. The maximum Gasteiger partial charge on any atom is 0.407 e. The van der Waals surface area contributed by atoms with Crippen molar-refractivity contribution >= 4 is 35.8 Å². The normalized spacial score (nSPS) is 11.0. The summed E-state index contributed by atoms with van der Waals surface area (Å²) < 4.78 is 17.4. The van der Waals surface area contributed by atoms with E-state index in [9.17, 15) is 14.2 Å². The van der Waals surface area contributed by atoms with E-state index < -0.39 is 13.2 Å². The summed E-state index contributed by atoms with van der Waals surface area (Å²) in [6.07, 6.45) is -0.554. The third-order valence-electron chi connectivity index (χ3n) is 5.99. The Balaban J connectivity index is 1.28. The predicted molar refractivity (Wildman–Crippen MR) is 153 cm³/mol. The molecule has 0 unspecified atom stereocenters. The van der Waals surface area contributed by atoms with E-state index >= 15 is 0 Å². The van der Waals surface area contributed by atoms with Crippen molar-refractivity contribution in [3.63, 3.8) is 0 Å². The summed E-state index contributed by atoms with van der Waals surface area (Å²) in [5.41, 5.74) is 11.2. The van der Waals surface area contributed by atoms with Crippen LogP contribution < -0.4 is 21.7 Å². The van der Waals surface area contributed by atoms with Crippen molar-refractivity contribution in [3.8, 4) is 11.1 Å². The lowest BCUT2D eigenvalue weighted by Gasteiger charge is -2.11. The first-order valence-corrected chi connectivity index (χ1v) is 14.7. The molecule has 0 saturated carbocycles. The summed E-state index contributed by atoms with van der Waals surface area (Å²) in [6, 6.07) is 29.5. The second kappa shape index (κ2) is 11.8. The Kier molecular flexibility index (Phi) is 8.29. The van der Waals surface area contributed by atoms with E-state index in [1.165, 1.54) is 0 Å². The number of hydrogen-bond donors (Lipinski definition) is 3. The second-order valence-corrected chi connectivity index (χ2v) is 12.5. The minimum Gasteiger partial charge on any atom is -0.445 e. The number of benzene rings is 4. The van der Waals surface area contributed by atoms with Gasteiger partial charge in [0.05, 0.1) is 11.4 Å². The molecule has 4 aromatic carbocycles. The molecule has 0 bridgehead atoms. The Morgan fingerprint density at radius 2 is 1.47 bits per heavy atom. The first kappa shape index (κ1) is 26.7. The fourth-order valence-corrected chi connectivity index (χ4v) is 4.64. The fraction of sp³-hybridized carbons (Fsp3) is 0.133. The maximum absolute atomic E-state index is 12.8. The molecule has 0 saturated heterocycles. The molecule has 0 aliphatic carbocycles. The quantitative estimate of drug-likeness (QED) is 0.196. The molecule has 0 aliphatic heterocycles. The maximum atomic E-state index is 12.8. The molecule has 0 aliphatic rings. The van der Waals surface area contributed by atoms with E-state index in [0.29, 0.717) is 16.9 Å². The molecule has 0 fully saturated rings. The molecule has 0 aromatic heterocycles. The van der Waals surface area contributed by atoms with E-state index in [1.54, 1.807) is 67.9 Å². The third-order valence-corrected chi connectivity index (χ3v) is 7.53. The van der Waals surface area contributed by atoms with Gasteiger partial charge in [-0.25, -0.2) is 4.79 Å². The molecular weight excluding hydrogens is 497 g/mol. The van der Waals surface area contributed by atoms with Crippen molar-refractivity contribution in [1.29, 1.82) is 0 Å². The number of amides is 2. The van der Waals surface area contributed by atoms with E-state index in [4.69, 9.17) is 10.5 Å². The van der Waals surface area contributed by atoms with Gasteiger partial charge in [-0.3, -0.25) is 4.79 Å². The van der Waals surface area contributed by atoms with Gasteiger partial charge in [0.15, 0.2) is 0 Å². The molecule has 2 amide bonds. The Bertz CT molecular complexity index is 1460. The average Bonchev–Trinajstić information content (AvgIpc) is 2.92. The minimum atomic E-state index is -2.32. The lowest BCUT2D eigenvalue weighted by molar-refractivity contribution is 0.102. The Morgan fingerprint density at radius 3 is 2.13 bits per heavy atom. The third kappa shape index (κ3) is 7.11. The molecule has 0 atom stereocenters. The number of carbonyl (C=O) groups is 2. The summed E-state index contributed by atoms with van der Waals surface area (Å²) in [5.74, 6) is -0.283. The number of anilines is 2. The number of ether oxygens (including phenoxy) is 1. The summed E-state index contributed by atoms with van der Waals surface area (Å²) in [7, 11) is -2.32. The zero-order chi connectivity index (χ0) is 27.1. The van der Waals surface area contributed by atoms with Crippen LogP contribution in [-0.4, -0.2) is 25.3 Å².